The molecule has 0 bridgehead atoms. The Balaban J connectivity index is 1.64. The summed E-state index contributed by atoms with van der Waals surface area (Å²) in [6, 6.07) is 13.3. The Morgan fingerprint density at radius 3 is 2.59 bits per heavy atom. The van der Waals surface area contributed by atoms with Crippen molar-refractivity contribution in [2.75, 3.05) is 50.7 Å². The van der Waals surface area contributed by atoms with E-state index in [2.05, 4.69) is 10.2 Å². The molecule has 1 amide bonds. The number of benzene rings is 2. The molecule has 0 spiro atoms. The zero-order valence-electron chi connectivity index (χ0n) is 15.6. The molecule has 1 N–H and O–H groups in total. The van der Waals surface area contributed by atoms with Gasteiger partial charge < -0.3 is 24.4 Å². The maximum atomic E-state index is 12.3. The van der Waals surface area contributed by atoms with Crippen LogP contribution in [0.4, 0.5) is 11.4 Å². The Morgan fingerprint density at radius 1 is 1.07 bits per heavy atom. The number of anilines is 2. The average Bonchev–Trinajstić information content (AvgIpc) is 2.73. The lowest BCUT2D eigenvalue weighted by atomic mass is 10.2. The Morgan fingerprint density at radius 2 is 1.85 bits per heavy atom. The molecule has 2 aromatic carbocycles. The van der Waals surface area contributed by atoms with Gasteiger partial charge in [0, 0.05) is 30.5 Å². The predicted molar refractivity (Wildman–Crippen MR) is 107 cm³/mol. The number of nitrogens with one attached hydrogen (secondary N) is 1. The quantitative estimate of drug-likeness (QED) is 0.794. The van der Waals surface area contributed by atoms with E-state index in [1.807, 2.05) is 42.5 Å². The van der Waals surface area contributed by atoms with Crippen molar-refractivity contribution >= 4 is 23.4 Å². The van der Waals surface area contributed by atoms with E-state index in [9.17, 15) is 4.79 Å². The van der Waals surface area contributed by atoms with Gasteiger partial charge in [0.1, 0.15) is 0 Å². The van der Waals surface area contributed by atoms with E-state index in [0.717, 1.165) is 43.2 Å². The van der Waals surface area contributed by atoms with Gasteiger partial charge in [0.05, 0.1) is 27.4 Å². The molecule has 1 saturated heterocycles. The van der Waals surface area contributed by atoms with Crippen molar-refractivity contribution in [1.82, 2.24) is 0 Å². The smallest absolute Gasteiger partial charge is 0.248 e. The molecule has 0 radical (unpaired) electrons. The van der Waals surface area contributed by atoms with Crippen LogP contribution < -0.4 is 19.7 Å². The third-order valence-electron chi connectivity index (χ3n) is 4.32. The minimum atomic E-state index is -0.191. The van der Waals surface area contributed by atoms with Crippen molar-refractivity contribution in [3.63, 3.8) is 0 Å². The van der Waals surface area contributed by atoms with Crippen molar-refractivity contribution in [1.29, 1.82) is 0 Å². The van der Waals surface area contributed by atoms with Gasteiger partial charge in [0.25, 0.3) is 0 Å². The second-order valence-electron chi connectivity index (χ2n) is 6.09. The van der Waals surface area contributed by atoms with E-state index in [-0.39, 0.29) is 5.91 Å². The normalized spacial score (nSPS) is 14.2. The molecule has 6 nitrogen and oxygen atoms in total. The van der Waals surface area contributed by atoms with Gasteiger partial charge in [-0.15, -0.1) is 0 Å². The van der Waals surface area contributed by atoms with Crippen LogP contribution in [-0.2, 0) is 9.53 Å². The molecule has 1 fully saturated rings. The number of hydrogen-bond acceptors (Lipinski definition) is 5. The Labute approximate surface area is 159 Å². The van der Waals surface area contributed by atoms with Crippen molar-refractivity contribution in [2.24, 2.45) is 0 Å². The van der Waals surface area contributed by atoms with E-state index in [1.165, 1.54) is 6.08 Å². The topological polar surface area (TPSA) is 60.0 Å². The van der Waals surface area contributed by atoms with Gasteiger partial charge in [-0.3, -0.25) is 4.79 Å². The molecule has 0 atom stereocenters. The zero-order chi connectivity index (χ0) is 19.1. The highest BCUT2D eigenvalue weighted by molar-refractivity contribution is 6.02. The number of carbonyl (C=O) groups is 1. The maximum absolute atomic E-state index is 12.3. The lowest BCUT2D eigenvalue weighted by molar-refractivity contribution is -0.111. The van der Waals surface area contributed by atoms with Gasteiger partial charge in [-0.25, -0.2) is 0 Å². The van der Waals surface area contributed by atoms with Gasteiger partial charge in [-0.05, 0) is 42.0 Å². The van der Waals surface area contributed by atoms with Crippen molar-refractivity contribution in [3.05, 3.63) is 54.1 Å². The number of rotatable bonds is 6. The molecule has 142 valence electrons. The first-order chi connectivity index (χ1) is 13.2. The average molecular weight is 368 g/mol. The van der Waals surface area contributed by atoms with E-state index in [1.54, 1.807) is 20.3 Å². The van der Waals surface area contributed by atoms with Crippen LogP contribution in [0, 0.1) is 0 Å². The SMILES string of the molecule is COc1ccc(/C=C/C(=O)Nc2cccc(N3CCOCC3)c2)cc1OC. The van der Waals surface area contributed by atoms with Crippen LogP contribution in [-0.4, -0.2) is 46.4 Å². The number of morpholine rings is 1. The predicted octanol–water partition coefficient (Wildman–Crippen LogP) is 3.19. The largest absolute Gasteiger partial charge is 0.493 e. The Hall–Kier alpha value is -2.99. The van der Waals surface area contributed by atoms with Crippen LogP contribution in [0.25, 0.3) is 6.08 Å². The molecule has 3 rings (SSSR count). The minimum Gasteiger partial charge on any atom is -0.493 e. The van der Waals surface area contributed by atoms with Crippen LogP contribution >= 0.6 is 0 Å². The summed E-state index contributed by atoms with van der Waals surface area (Å²) in [6.07, 6.45) is 3.24. The summed E-state index contributed by atoms with van der Waals surface area (Å²) in [5, 5.41) is 2.90. The summed E-state index contributed by atoms with van der Waals surface area (Å²) in [5.41, 5.74) is 2.70. The Bertz CT molecular complexity index is 814. The van der Waals surface area contributed by atoms with Gasteiger partial charge in [0.2, 0.25) is 5.91 Å². The highest BCUT2D eigenvalue weighted by Gasteiger charge is 2.11. The Kier molecular flexibility index (Phi) is 6.33. The van der Waals surface area contributed by atoms with Crippen LogP contribution in [0.2, 0.25) is 0 Å². The highest BCUT2D eigenvalue weighted by Crippen LogP contribution is 2.28. The van der Waals surface area contributed by atoms with Crippen LogP contribution in [0.3, 0.4) is 0 Å². The van der Waals surface area contributed by atoms with E-state index >= 15 is 0 Å². The van der Waals surface area contributed by atoms with Crippen LogP contribution in [0.1, 0.15) is 5.56 Å². The summed E-state index contributed by atoms with van der Waals surface area (Å²) in [4.78, 5) is 14.5. The molecule has 27 heavy (non-hydrogen) atoms. The fraction of sp³-hybridized carbons (Fsp3) is 0.286. The molecule has 0 saturated carbocycles. The van der Waals surface area contributed by atoms with Crippen molar-refractivity contribution in [2.45, 2.75) is 0 Å². The second-order valence-corrected chi connectivity index (χ2v) is 6.09. The second kappa shape index (κ2) is 9.09. The molecule has 0 aromatic heterocycles. The molecular formula is C21H24N2O4. The van der Waals surface area contributed by atoms with E-state index < -0.39 is 0 Å². The number of hydrogen-bond donors (Lipinski definition) is 1. The summed E-state index contributed by atoms with van der Waals surface area (Å²) < 4.78 is 15.9. The first kappa shape index (κ1) is 18.8. The number of ether oxygens (including phenoxy) is 3. The molecule has 6 heteroatoms. The molecule has 1 aliphatic heterocycles. The molecular weight excluding hydrogens is 344 g/mol. The van der Waals surface area contributed by atoms with Gasteiger partial charge in [-0.2, -0.15) is 0 Å². The lowest BCUT2D eigenvalue weighted by Gasteiger charge is -2.29. The lowest BCUT2D eigenvalue weighted by Crippen LogP contribution is -2.36. The summed E-state index contributed by atoms with van der Waals surface area (Å²) >= 11 is 0. The zero-order valence-corrected chi connectivity index (χ0v) is 15.6. The van der Waals surface area contributed by atoms with Gasteiger partial charge in [0.15, 0.2) is 11.5 Å². The van der Waals surface area contributed by atoms with Crippen LogP contribution in [0.5, 0.6) is 11.5 Å². The molecule has 1 heterocycles. The van der Waals surface area contributed by atoms with Crippen LogP contribution in [0.15, 0.2) is 48.5 Å². The monoisotopic (exact) mass is 368 g/mol. The van der Waals surface area contributed by atoms with E-state index in [4.69, 9.17) is 14.2 Å². The first-order valence-corrected chi connectivity index (χ1v) is 8.83. The molecule has 2 aromatic rings. The van der Waals surface area contributed by atoms with Gasteiger partial charge in [-0.1, -0.05) is 12.1 Å². The maximum Gasteiger partial charge on any atom is 0.248 e. The first-order valence-electron chi connectivity index (χ1n) is 8.83. The summed E-state index contributed by atoms with van der Waals surface area (Å²) in [7, 11) is 3.17. The minimum absolute atomic E-state index is 0.191. The summed E-state index contributed by atoms with van der Waals surface area (Å²) in [5.74, 6) is 1.08. The van der Waals surface area contributed by atoms with E-state index in [0.29, 0.717) is 11.5 Å². The molecule has 0 aliphatic carbocycles. The molecule has 1 aliphatic rings. The highest BCUT2D eigenvalue weighted by atomic mass is 16.5. The standard InChI is InChI=1S/C21H24N2O4/c1-25-19-8-6-16(14-20(19)26-2)7-9-21(24)22-17-4-3-5-18(15-17)23-10-12-27-13-11-23/h3-9,14-15H,10-13H2,1-2H3,(H,22,24)/b9-7+. The number of methoxy groups -OCH3 is 2. The number of nitrogens with zero attached hydrogens (tertiary/aromatic N) is 1. The third-order valence-corrected chi connectivity index (χ3v) is 4.32. The van der Waals surface area contributed by atoms with Gasteiger partial charge >= 0.3 is 0 Å². The third kappa shape index (κ3) is 5.01. The fourth-order valence-corrected chi connectivity index (χ4v) is 2.91. The molecule has 0 unspecified atom stereocenters. The summed E-state index contributed by atoms with van der Waals surface area (Å²) in [6.45, 7) is 3.17. The fourth-order valence-electron chi connectivity index (χ4n) is 2.91. The number of carbonyl (C=O) groups excluding carboxylic acids is 1. The number of amides is 1. The van der Waals surface area contributed by atoms with Crippen molar-refractivity contribution in [3.8, 4) is 11.5 Å². The van der Waals surface area contributed by atoms with Crippen molar-refractivity contribution < 1.29 is 19.0 Å².